The Morgan fingerprint density at radius 2 is 1.98 bits per heavy atom. The summed E-state index contributed by atoms with van der Waals surface area (Å²) in [5.41, 5.74) is 4.49. The zero-order valence-electron chi connectivity index (χ0n) is 26.5. The molecule has 0 aliphatic carbocycles. The third kappa shape index (κ3) is 5.51. The summed E-state index contributed by atoms with van der Waals surface area (Å²) in [6.07, 6.45) is 6.49. The van der Waals surface area contributed by atoms with Crippen molar-refractivity contribution in [3.63, 3.8) is 0 Å². The molecule has 0 radical (unpaired) electrons. The molecule has 1 unspecified atom stereocenters. The number of amides is 2. The minimum atomic E-state index is -0.631. The Morgan fingerprint density at radius 3 is 2.74 bits per heavy atom. The Morgan fingerprint density at radius 1 is 1.17 bits per heavy atom. The van der Waals surface area contributed by atoms with Crippen LogP contribution in [-0.4, -0.2) is 64.0 Å². The SMILES string of the molecule is Cc1[nH]cc(CC(=O)NC2CCN(c3c(F)cc4c(=O)c(C(=O)N(C)CCc5ccccn5)cn5c4c3Oc3ccccc3-5)C2)c1C. The van der Waals surface area contributed by atoms with E-state index < -0.39 is 17.2 Å². The summed E-state index contributed by atoms with van der Waals surface area (Å²) in [4.78, 5) is 51.2. The Balaban J connectivity index is 1.21. The quantitative estimate of drug-likeness (QED) is 0.248. The summed E-state index contributed by atoms with van der Waals surface area (Å²) in [7, 11) is 1.64. The predicted molar refractivity (Wildman–Crippen MR) is 177 cm³/mol. The standard InChI is InChI=1S/C36H35FN6O4/c1-21-22(2)39-18-23(21)16-31(44)40-25-12-15-42(19-25)33-28(37)17-26-32-35(33)47-30-10-5-4-9-29(30)43(32)20-27(34(26)45)36(46)41(3)14-11-24-8-6-7-13-38-24/h4-10,13,17-18,20,25,39H,11-12,14-16,19H2,1-3H3,(H,40,44). The van der Waals surface area contributed by atoms with Crippen LogP contribution in [0.15, 0.2) is 71.9 Å². The van der Waals surface area contributed by atoms with Crippen LogP contribution in [0.4, 0.5) is 10.1 Å². The molecule has 1 fully saturated rings. The van der Waals surface area contributed by atoms with E-state index >= 15 is 4.39 Å². The molecule has 2 aliphatic rings. The van der Waals surface area contributed by atoms with Gasteiger partial charge in [-0.15, -0.1) is 0 Å². The van der Waals surface area contributed by atoms with Gasteiger partial charge in [0.15, 0.2) is 17.3 Å². The first-order chi connectivity index (χ1) is 22.7. The van der Waals surface area contributed by atoms with Gasteiger partial charge in [0.05, 0.1) is 17.5 Å². The molecule has 0 bridgehead atoms. The van der Waals surface area contributed by atoms with Gasteiger partial charge in [0, 0.05) is 69.1 Å². The van der Waals surface area contributed by atoms with Crippen LogP contribution in [0.2, 0.25) is 0 Å². The third-order valence-corrected chi connectivity index (χ3v) is 9.24. The topological polar surface area (TPSA) is 113 Å². The number of anilines is 1. The fourth-order valence-corrected chi connectivity index (χ4v) is 6.51. The summed E-state index contributed by atoms with van der Waals surface area (Å²) in [5, 5.41) is 3.16. The molecule has 240 valence electrons. The second kappa shape index (κ2) is 12.1. The molecule has 11 heteroatoms. The fraction of sp³-hybridized carbons (Fsp3) is 0.278. The summed E-state index contributed by atoms with van der Waals surface area (Å²) < 4.78 is 24.3. The summed E-state index contributed by atoms with van der Waals surface area (Å²) in [5.74, 6) is -0.507. The number of hydrogen-bond acceptors (Lipinski definition) is 6. The zero-order chi connectivity index (χ0) is 32.8. The third-order valence-electron chi connectivity index (χ3n) is 9.24. The number of fused-ring (bicyclic) bond motifs is 2. The van der Waals surface area contributed by atoms with Gasteiger partial charge in [-0.25, -0.2) is 4.39 Å². The van der Waals surface area contributed by atoms with Crippen molar-refractivity contribution in [2.75, 3.05) is 31.6 Å². The fourth-order valence-electron chi connectivity index (χ4n) is 6.51. The summed E-state index contributed by atoms with van der Waals surface area (Å²) in [6, 6.07) is 13.9. The van der Waals surface area contributed by atoms with Crippen LogP contribution in [0.1, 0.15) is 39.3 Å². The number of aromatic nitrogens is 3. The van der Waals surface area contributed by atoms with E-state index in [-0.39, 0.29) is 40.8 Å². The lowest BCUT2D eigenvalue weighted by molar-refractivity contribution is -0.121. The van der Waals surface area contributed by atoms with Crippen molar-refractivity contribution < 1.29 is 18.7 Å². The Hall–Kier alpha value is -5.45. The van der Waals surface area contributed by atoms with Crippen molar-refractivity contribution in [3.05, 3.63) is 111 Å². The molecule has 7 rings (SSSR count). The normalized spacial score (nSPS) is 15.0. The maximum Gasteiger partial charge on any atom is 0.259 e. The number of rotatable bonds is 8. The number of para-hydroxylation sites is 2. The lowest BCUT2D eigenvalue weighted by atomic mass is 10.1. The van der Waals surface area contributed by atoms with Crippen molar-refractivity contribution in [2.24, 2.45) is 0 Å². The molecular formula is C36H35FN6O4. The van der Waals surface area contributed by atoms with Gasteiger partial charge in [-0.05, 0) is 61.7 Å². The number of H-pyrrole nitrogens is 1. The number of likely N-dealkylation sites (N-methyl/N-ethyl adjacent to an activating group) is 1. The number of hydrogen-bond donors (Lipinski definition) is 2. The molecule has 0 spiro atoms. The molecular weight excluding hydrogens is 599 g/mol. The predicted octanol–water partition coefficient (Wildman–Crippen LogP) is 4.83. The number of benzene rings is 2. The Kier molecular flexibility index (Phi) is 7.75. The molecule has 3 aromatic heterocycles. The van der Waals surface area contributed by atoms with Crippen molar-refractivity contribution >= 4 is 28.4 Å². The second-order valence-corrected chi connectivity index (χ2v) is 12.3. The van der Waals surface area contributed by atoms with Gasteiger partial charge in [-0.3, -0.25) is 19.4 Å². The number of aromatic amines is 1. The van der Waals surface area contributed by atoms with E-state index in [1.165, 1.54) is 17.2 Å². The van der Waals surface area contributed by atoms with Gasteiger partial charge < -0.3 is 29.4 Å². The average Bonchev–Trinajstić information content (AvgIpc) is 3.66. The van der Waals surface area contributed by atoms with Gasteiger partial charge in [-0.1, -0.05) is 18.2 Å². The van der Waals surface area contributed by atoms with Crippen LogP contribution >= 0.6 is 0 Å². The van der Waals surface area contributed by atoms with Crippen molar-refractivity contribution in [3.8, 4) is 17.2 Å². The Labute approximate surface area is 270 Å². The van der Waals surface area contributed by atoms with Crippen LogP contribution in [0.5, 0.6) is 11.5 Å². The van der Waals surface area contributed by atoms with Crippen LogP contribution in [0.3, 0.4) is 0 Å². The van der Waals surface area contributed by atoms with Gasteiger partial charge in [0.1, 0.15) is 16.8 Å². The minimum Gasteiger partial charge on any atom is -0.451 e. The minimum absolute atomic E-state index is 0.0564. The highest BCUT2D eigenvalue weighted by Crippen LogP contribution is 2.47. The van der Waals surface area contributed by atoms with Crippen LogP contribution in [0.25, 0.3) is 16.6 Å². The van der Waals surface area contributed by atoms with E-state index in [0.29, 0.717) is 49.4 Å². The van der Waals surface area contributed by atoms with E-state index in [4.69, 9.17) is 4.74 Å². The van der Waals surface area contributed by atoms with E-state index in [9.17, 15) is 14.4 Å². The number of halogens is 1. The van der Waals surface area contributed by atoms with E-state index in [2.05, 4.69) is 15.3 Å². The molecule has 2 aromatic carbocycles. The molecule has 10 nitrogen and oxygen atoms in total. The molecule has 47 heavy (non-hydrogen) atoms. The van der Waals surface area contributed by atoms with E-state index in [1.54, 1.807) is 23.9 Å². The van der Waals surface area contributed by atoms with Crippen molar-refractivity contribution in [1.29, 1.82) is 0 Å². The molecule has 1 atom stereocenters. The maximum atomic E-state index is 16.2. The van der Waals surface area contributed by atoms with Gasteiger partial charge in [0.25, 0.3) is 5.91 Å². The van der Waals surface area contributed by atoms with Crippen LogP contribution in [0, 0.1) is 19.7 Å². The number of carbonyl (C=O) groups excluding carboxylic acids is 2. The lowest BCUT2D eigenvalue weighted by Crippen LogP contribution is -2.38. The first kappa shape index (κ1) is 30.2. The highest BCUT2D eigenvalue weighted by Gasteiger charge is 2.34. The molecule has 5 aromatic rings. The number of pyridine rings is 2. The molecule has 2 amide bonds. The first-order valence-corrected chi connectivity index (χ1v) is 15.7. The Bertz CT molecular complexity index is 2090. The summed E-state index contributed by atoms with van der Waals surface area (Å²) >= 11 is 0. The highest BCUT2D eigenvalue weighted by molar-refractivity contribution is 6.01. The highest BCUT2D eigenvalue weighted by atomic mass is 19.1. The molecule has 5 heterocycles. The van der Waals surface area contributed by atoms with Crippen molar-refractivity contribution in [2.45, 2.75) is 39.2 Å². The maximum absolute atomic E-state index is 16.2. The smallest absolute Gasteiger partial charge is 0.259 e. The molecule has 2 N–H and O–H groups in total. The lowest BCUT2D eigenvalue weighted by Gasteiger charge is -2.29. The van der Waals surface area contributed by atoms with E-state index in [1.807, 2.05) is 61.3 Å². The number of ether oxygens (including phenoxy) is 1. The zero-order valence-corrected chi connectivity index (χ0v) is 26.5. The van der Waals surface area contributed by atoms with Gasteiger partial charge in [0.2, 0.25) is 11.3 Å². The van der Waals surface area contributed by atoms with Crippen LogP contribution in [-0.2, 0) is 17.6 Å². The largest absolute Gasteiger partial charge is 0.451 e. The monoisotopic (exact) mass is 634 g/mol. The average molecular weight is 635 g/mol. The number of aryl methyl sites for hydroxylation is 1. The first-order valence-electron chi connectivity index (χ1n) is 15.7. The van der Waals surface area contributed by atoms with E-state index in [0.717, 1.165) is 22.5 Å². The molecule has 2 aliphatic heterocycles. The van der Waals surface area contributed by atoms with Crippen molar-refractivity contribution in [1.82, 2.24) is 24.8 Å². The number of nitrogens with one attached hydrogen (secondary N) is 2. The number of carbonyl (C=O) groups is 2. The second-order valence-electron chi connectivity index (χ2n) is 12.3. The van der Waals surface area contributed by atoms with Gasteiger partial charge >= 0.3 is 0 Å². The van der Waals surface area contributed by atoms with Gasteiger partial charge in [-0.2, -0.15) is 0 Å². The molecule has 0 saturated carbocycles. The molecule has 1 saturated heterocycles. The summed E-state index contributed by atoms with van der Waals surface area (Å²) in [6.45, 7) is 5.16. The number of nitrogens with zero attached hydrogens (tertiary/aromatic N) is 4. The van der Waals surface area contributed by atoms with Crippen LogP contribution < -0.4 is 20.4 Å².